The summed E-state index contributed by atoms with van der Waals surface area (Å²) in [4.78, 5) is 23.5. The normalized spacial score (nSPS) is 11.2. The highest BCUT2D eigenvalue weighted by molar-refractivity contribution is 7.89. The van der Waals surface area contributed by atoms with Gasteiger partial charge >= 0.3 is 0 Å². The summed E-state index contributed by atoms with van der Waals surface area (Å²) in [6.07, 6.45) is 0. The van der Waals surface area contributed by atoms with Crippen molar-refractivity contribution in [3.63, 3.8) is 0 Å². The third kappa shape index (κ3) is 3.73. The van der Waals surface area contributed by atoms with Gasteiger partial charge in [0.25, 0.3) is 5.91 Å². The number of primary sulfonamides is 1. The molecule has 0 aliphatic rings. The average Bonchev–Trinajstić information content (AvgIpc) is 2.66. The molecular formula is C20H16FN3O4S. The molecule has 29 heavy (non-hydrogen) atoms. The van der Waals surface area contributed by atoms with Crippen LogP contribution in [0.4, 0.5) is 4.39 Å². The average molecular weight is 413 g/mol. The summed E-state index contributed by atoms with van der Waals surface area (Å²) in [7, 11) is -4.15. The zero-order valence-corrected chi connectivity index (χ0v) is 15.7. The molecule has 7 nitrogen and oxygen atoms in total. The molecule has 3 rings (SSSR count). The third-order valence-electron chi connectivity index (χ3n) is 4.35. The Kier molecular flexibility index (Phi) is 5.19. The summed E-state index contributed by atoms with van der Waals surface area (Å²) in [6, 6.07) is 14.3. The first-order chi connectivity index (χ1) is 13.6. The van der Waals surface area contributed by atoms with Crippen molar-refractivity contribution in [2.24, 2.45) is 16.6 Å². The van der Waals surface area contributed by atoms with Crippen molar-refractivity contribution in [1.29, 1.82) is 0 Å². The molecule has 6 N–H and O–H groups in total. The Balaban J connectivity index is 2.35. The lowest BCUT2D eigenvalue weighted by Gasteiger charge is -2.15. The van der Waals surface area contributed by atoms with Gasteiger partial charge in [-0.1, -0.05) is 48.5 Å². The molecule has 0 radical (unpaired) electrons. The van der Waals surface area contributed by atoms with Crippen LogP contribution in [0, 0.1) is 5.82 Å². The molecule has 0 unspecified atom stereocenters. The van der Waals surface area contributed by atoms with Gasteiger partial charge in [0.1, 0.15) is 5.82 Å². The van der Waals surface area contributed by atoms with Crippen LogP contribution in [-0.4, -0.2) is 20.2 Å². The van der Waals surface area contributed by atoms with Gasteiger partial charge < -0.3 is 11.5 Å². The lowest BCUT2D eigenvalue weighted by Crippen LogP contribution is -2.18. The van der Waals surface area contributed by atoms with Crippen LogP contribution in [0.2, 0.25) is 0 Å². The van der Waals surface area contributed by atoms with Crippen molar-refractivity contribution >= 4 is 21.8 Å². The van der Waals surface area contributed by atoms with E-state index in [2.05, 4.69) is 0 Å². The first-order valence-electron chi connectivity index (χ1n) is 8.26. The standard InChI is InChI=1S/C20H16FN3O4S/c21-18-14(11-5-1-2-7-15(11)19(22)25)10-9-13(17(18)20(23)26)12-6-3-4-8-16(12)29(24,27)28/h1-10H,(H2,22,25)(H2,23,26)(H2,24,27,28). The van der Waals surface area contributed by atoms with Crippen LogP contribution in [0.1, 0.15) is 20.7 Å². The quantitative estimate of drug-likeness (QED) is 0.587. The minimum atomic E-state index is -4.15. The SMILES string of the molecule is NC(=O)c1ccccc1-c1ccc(-c2ccccc2S(N)(=O)=O)c(C(N)=O)c1F. The maximum atomic E-state index is 15.4. The van der Waals surface area contributed by atoms with Crippen molar-refractivity contribution in [3.8, 4) is 22.3 Å². The fourth-order valence-corrected chi connectivity index (χ4v) is 3.87. The van der Waals surface area contributed by atoms with Crippen LogP contribution in [-0.2, 0) is 10.0 Å². The molecule has 0 heterocycles. The molecule has 0 bridgehead atoms. The largest absolute Gasteiger partial charge is 0.366 e. The van der Waals surface area contributed by atoms with Gasteiger partial charge in [-0.3, -0.25) is 9.59 Å². The number of sulfonamides is 1. The van der Waals surface area contributed by atoms with Crippen molar-refractivity contribution in [2.45, 2.75) is 4.90 Å². The fourth-order valence-electron chi connectivity index (χ4n) is 3.12. The first-order valence-corrected chi connectivity index (χ1v) is 9.81. The van der Waals surface area contributed by atoms with Crippen LogP contribution in [0.15, 0.2) is 65.6 Å². The highest BCUT2D eigenvalue weighted by atomic mass is 32.2. The van der Waals surface area contributed by atoms with Crippen LogP contribution in [0.3, 0.4) is 0 Å². The van der Waals surface area contributed by atoms with Gasteiger partial charge in [0.05, 0.1) is 10.5 Å². The minimum Gasteiger partial charge on any atom is -0.366 e. The van der Waals surface area contributed by atoms with Gasteiger partial charge in [-0.25, -0.2) is 17.9 Å². The van der Waals surface area contributed by atoms with E-state index >= 15 is 4.39 Å². The van der Waals surface area contributed by atoms with Gasteiger partial charge in [0, 0.05) is 16.7 Å². The number of carbonyl (C=O) groups is 2. The maximum absolute atomic E-state index is 15.4. The Hall–Kier alpha value is -3.56. The molecule has 0 aliphatic heterocycles. The van der Waals surface area contributed by atoms with E-state index in [1.54, 1.807) is 12.1 Å². The maximum Gasteiger partial charge on any atom is 0.252 e. The van der Waals surface area contributed by atoms with Gasteiger partial charge in [-0.15, -0.1) is 0 Å². The van der Waals surface area contributed by atoms with Crippen molar-refractivity contribution < 1.29 is 22.4 Å². The second kappa shape index (κ2) is 7.46. The summed E-state index contributed by atoms with van der Waals surface area (Å²) in [5.41, 5.74) is 10.4. The van der Waals surface area contributed by atoms with Crippen molar-refractivity contribution in [3.05, 3.63) is 77.6 Å². The monoisotopic (exact) mass is 413 g/mol. The van der Waals surface area contributed by atoms with Crippen LogP contribution >= 0.6 is 0 Å². The number of halogens is 1. The molecule has 0 saturated heterocycles. The minimum absolute atomic E-state index is 0.0254. The Morgan fingerprint density at radius 3 is 1.86 bits per heavy atom. The predicted molar refractivity (Wildman–Crippen MR) is 106 cm³/mol. The number of primary amides is 2. The van der Waals surface area contributed by atoms with Crippen molar-refractivity contribution in [2.75, 3.05) is 0 Å². The Morgan fingerprint density at radius 1 is 0.724 bits per heavy atom. The summed E-state index contributed by atoms with van der Waals surface area (Å²) in [5.74, 6) is -2.89. The van der Waals surface area contributed by atoms with E-state index in [0.29, 0.717) is 0 Å². The van der Waals surface area contributed by atoms with E-state index < -0.39 is 33.2 Å². The van der Waals surface area contributed by atoms with Gasteiger partial charge in [-0.2, -0.15) is 0 Å². The molecule has 3 aromatic rings. The van der Waals surface area contributed by atoms with E-state index in [1.807, 2.05) is 0 Å². The fraction of sp³-hybridized carbons (Fsp3) is 0. The zero-order chi connectivity index (χ0) is 21.3. The molecule has 0 saturated carbocycles. The molecule has 0 aliphatic carbocycles. The van der Waals surface area contributed by atoms with Gasteiger partial charge in [-0.05, 0) is 23.3 Å². The molecule has 148 valence electrons. The van der Waals surface area contributed by atoms with Crippen LogP contribution < -0.4 is 16.6 Å². The lowest BCUT2D eigenvalue weighted by molar-refractivity contribution is 0.0991. The topological polar surface area (TPSA) is 146 Å². The summed E-state index contributed by atoms with van der Waals surface area (Å²) in [6.45, 7) is 0. The Morgan fingerprint density at radius 2 is 1.28 bits per heavy atom. The van der Waals surface area contributed by atoms with E-state index in [4.69, 9.17) is 16.6 Å². The second-order valence-corrected chi connectivity index (χ2v) is 7.69. The smallest absolute Gasteiger partial charge is 0.252 e. The van der Waals surface area contributed by atoms with E-state index in [-0.39, 0.29) is 32.7 Å². The molecule has 0 atom stereocenters. The lowest BCUT2D eigenvalue weighted by atomic mass is 9.91. The number of amides is 2. The second-order valence-electron chi connectivity index (χ2n) is 6.16. The summed E-state index contributed by atoms with van der Waals surface area (Å²) < 4.78 is 39.2. The molecule has 3 aromatic carbocycles. The Bertz CT molecular complexity index is 1260. The van der Waals surface area contributed by atoms with Gasteiger partial charge in [0.15, 0.2) is 0 Å². The van der Waals surface area contributed by atoms with Gasteiger partial charge in [0.2, 0.25) is 15.9 Å². The number of hydrogen-bond donors (Lipinski definition) is 3. The first kappa shape index (κ1) is 20.2. The zero-order valence-electron chi connectivity index (χ0n) is 14.9. The highest BCUT2D eigenvalue weighted by Crippen LogP contribution is 2.36. The molecule has 0 aromatic heterocycles. The van der Waals surface area contributed by atoms with E-state index in [0.717, 1.165) is 0 Å². The molecule has 2 amide bonds. The molecule has 0 spiro atoms. The highest BCUT2D eigenvalue weighted by Gasteiger charge is 2.25. The van der Waals surface area contributed by atoms with Crippen molar-refractivity contribution in [1.82, 2.24) is 0 Å². The molecular weight excluding hydrogens is 397 g/mol. The Labute approximate surface area is 166 Å². The molecule has 0 fully saturated rings. The number of rotatable bonds is 5. The van der Waals surface area contributed by atoms with E-state index in [1.165, 1.54) is 48.5 Å². The van der Waals surface area contributed by atoms with Crippen LogP contribution in [0.25, 0.3) is 22.3 Å². The summed E-state index contributed by atoms with van der Waals surface area (Å²) in [5, 5.41) is 5.24. The third-order valence-corrected chi connectivity index (χ3v) is 5.32. The number of carbonyl (C=O) groups excluding carboxylic acids is 2. The summed E-state index contributed by atoms with van der Waals surface area (Å²) >= 11 is 0. The number of hydrogen-bond acceptors (Lipinski definition) is 4. The predicted octanol–water partition coefficient (Wildman–Crippen LogP) is 2.00. The van der Waals surface area contributed by atoms with Crippen LogP contribution in [0.5, 0.6) is 0 Å². The number of nitrogens with two attached hydrogens (primary N) is 3. The number of benzene rings is 3. The molecule has 9 heteroatoms. The van der Waals surface area contributed by atoms with E-state index in [9.17, 15) is 18.0 Å².